The van der Waals surface area contributed by atoms with Gasteiger partial charge in [0.05, 0.1) is 11.6 Å². The van der Waals surface area contributed by atoms with Crippen molar-refractivity contribution in [3.05, 3.63) is 63.3 Å². The lowest BCUT2D eigenvalue weighted by atomic mass is 10.1. The van der Waals surface area contributed by atoms with Crippen LogP contribution in [0, 0.1) is 13.8 Å². The van der Waals surface area contributed by atoms with Gasteiger partial charge in [0.2, 0.25) is 0 Å². The number of carbonyl (C=O) groups excluding carboxylic acids is 1. The Morgan fingerprint density at radius 2 is 2.04 bits per heavy atom. The topological polar surface area (TPSA) is 92.1 Å². The van der Waals surface area contributed by atoms with Crippen LogP contribution < -0.4 is 11.0 Å². The fourth-order valence-corrected chi connectivity index (χ4v) is 2.96. The van der Waals surface area contributed by atoms with Gasteiger partial charge < -0.3 is 4.98 Å². The Kier molecular flexibility index (Phi) is 5.49. The Balaban J connectivity index is 1.92. The smallest absolute Gasteiger partial charge is 0.292 e. The van der Waals surface area contributed by atoms with Gasteiger partial charge in [-0.1, -0.05) is 31.5 Å². The van der Waals surface area contributed by atoms with Crippen molar-refractivity contribution in [3.8, 4) is 0 Å². The highest BCUT2D eigenvalue weighted by atomic mass is 16.2. The van der Waals surface area contributed by atoms with E-state index < -0.39 is 5.91 Å². The minimum absolute atomic E-state index is 0.183. The number of fused-ring (bicyclic) bond motifs is 1. The molecule has 2 aromatic heterocycles. The van der Waals surface area contributed by atoms with Gasteiger partial charge in [-0.25, -0.2) is 10.1 Å². The monoisotopic (exact) mass is 365 g/mol. The third-order valence-electron chi connectivity index (χ3n) is 4.37. The molecule has 0 fully saturated rings. The first-order chi connectivity index (χ1) is 13.0. The van der Waals surface area contributed by atoms with Crippen molar-refractivity contribution in [2.75, 3.05) is 0 Å². The number of hydrogen-bond acceptors (Lipinski definition) is 4. The highest BCUT2D eigenvalue weighted by Crippen LogP contribution is 2.13. The van der Waals surface area contributed by atoms with Crippen LogP contribution >= 0.6 is 0 Å². The van der Waals surface area contributed by atoms with E-state index in [-0.39, 0.29) is 11.3 Å². The number of amides is 1. The van der Waals surface area contributed by atoms with Gasteiger partial charge in [0.25, 0.3) is 11.5 Å². The summed E-state index contributed by atoms with van der Waals surface area (Å²) < 4.78 is 1.37. The predicted octanol–water partition coefficient (Wildman–Crippen LogP) is 2.91. The highest BCUT2D eigenvalue weighted by Gasteiger charge is 2.16. The zero-order valence-corrected chi connectivity index (χ0v) is 15.7. The molecule has 1 aromatic carbocycles. The number of nitrogens with one attached hydrogen (secondary N) is 2. The zero-order valence-electron chi connectivity index (χ0n) is 15.7. The molecule has 3 aromatic rings. The first-order valence-electron chi connectivity index (χ1n) is 9.00. The van der Waals surface area contributed by atoms with Crippen LogP contribution in [0.5, 0.6) is 0 Å². The summed E-state index contributed by atoms with van der Waals surface area (Å²) in [7, 11) is 0. The summed E-state index contributed by atoms with van der Waals surface area (Å²) in [6.07, 6.45) is 3.34. The average Bonchev–Trinajstić information content (AvgIpc) is 2.98. The van der Waals surface area contributed by atoms with Crippen molar-refractivity contribution in [2.24, 2.45) is 5.10 Å². The lowest BCUT2D eigenvalue weighted by Crippen LogP contribution is -2.29. The van der Waals surface area contributed by atoms with Crippen LogP contribution in [0.2, 0.25) is 0 Å². The molecule has 0 spiro atoms. The Morgan fingerprint density at radius 1 is 1.30 bits per heavy atom. The molecule has 0 aliphatic rings. The summed E-state index contributed by atoms with van der Waals surface area (Å²) in [5.41, 5.74) is 5.43. The molecule has 0 radical (unpaired) electrons. The SMILES string of the molecule is CCCCn1nc(C(=O)N/N=C/c2cc(C)[nH]c2C)c2ccccc2c1=O. The largest absolute Gasteiger partial charge is 0.362 e. The molecular weight excluding hydrogens is 342 g/mol. The molecule has 3 rings (SSSR count). The maximum absolute atomic E-state index is 12.7. The molecule has 0 saturated heterocycles. The third kappa shape index (κ3) is 3.97. The normalized spacial score (nSPS) is 11.4. The summed E-state index contributed by atoms with van der Waals surface area (Å²) in [5.74, 6) is -0.447. The standard InChI is InChI=1S/C20H23N5O2/c1-4-5-10-25-20(27)17-9-7-6-8-16(17)18(24-25)19(26)23-21-12-15-11-13(2)22-14(15)3/h6-9,11-12,22H,4-5,10H2,1-3H3,(H,23,26)/b21-12+. The van der Waals surface area contributed by atoms with Gasteiger partial charge in [-0.15, -0.1) is 0 Å². The molecule has 2 heterocycles. The summed E-state index contributed by atoms with van der Waals surface area (Å²) in [5, 5.41) is 9.34. The number of hydrazone groups is 1. The Hall–Kier alpha value is -3.22. The van der Waals surface area contributed by atoms with Crippen LogP contribution in [0.4, 0.5) is 0 Å². The van der Waals surface area contributed by atoms with Crippen LogP contribution in [-0.2, 0) is 6.54 Å². The van der Waals surface area contributed by atoms with E-state index in [4.69, 9.17) is 0 Å². The molecule has 0 aliphatic heterocycles. The number of benzene rings is 1. The van der Waals surface area contributed by atoms with Gasteiger partial charge in [0.1, 0.15) is 0 Å². The minimum atomic E-state index is -0.447. The number of rotatable bonds is 6. The Morgan fingerprint density at radius 3 is 2.70 bits per heavy atom. The molecule has 0 unspecified atom stereocenters. The highest BCUT2D eigenvalue weighted by molar-refractivity contribution is 6.05. The molecule has 27 heavy (non-hydrogen) atoms. The van der Waals surface area contributed by atoms with E-state index in [0.29, 0.717) is 17.3 Å². The van der Waals surface area contributed by atoms with Crippen LogP contribution in [0.3, 0.4) is 0 Å². The zero-order chi connectivity index (χ0) is 19.4. The van der Waals surface area contributed by atoms with Gasteiger partial charge >= 0.3 is 0 Å². The Bertz CT molecular complexity index is 1060. The van der Waals surface area contributed by atoms with Gasteiger partial charge in [-0.05, 0) is 32.4 Å². The average molecular weight is 365 g/mol. The van der Waals surface area contributed by atoms with Crippen molar-refractivity contribution in [1.82, 2.24) is 20.2 Å². The van der Waals surface area contributed by atoms with E-state index in [1.807, 2.05) is 26.8 Å². The molecule has 1 amide bonds. The summed E-state index contributed by atoms with van der Waals surface area (Å²) >= 11 is 0. The maximum Gasteiger partial charge on any atom is 0.292 e. The van der Waals surface area contributed by atoms with E-state index in [0.717, 1.165) is 29.8 Å². The van der Waals surface area contributed by atoms with E-state index in [1.54, 1.807) is 30.5 Å². The van der Waals surface area contributed by atoms with Crippen LogP contribution in [0.15, 0.2) is 40.2 Å². The van der Waals surface area contributed by atoms with Gasteiger partial charge in [-0.3, -0.25) is 9.59 Å². The number of H-pyrrole nitrogens is 1. The van der Waals surface area contributed by atoms with Gasteiger partial charge in [0.15, 0.2) is 5.69 Å². The fourth-order valence-electron chi connectivity index (χ4n) is 2.96. The Labute approximate surface area is 157 Å². The fraction of sp³-hybridized carbons (Fsp3) is 0.300. The number of aryl methyl sites for hydroxylation is 3. The second-order valence-corrected chi connectivity index (χ2v) is 6.51. The quantitative estimate of drug-likeness (QED) is 0.520. The van der Waals surface area contributed by atoms with Gasteiger partial charge in [-0.2, -0.15) is 10.2 Å². The maximum atomic E-state index is 12.7. The summed E-state index contributed by atoms with van der Waals surface area (Å²) in [6, 6.07) is 8.96. The van der Waals surface area contributed by atoms with Crippen LogP contribution in [0.1, 0.15) is 47.2 Å². The van der Waals surface area contributed by atoms with Crippen molar-refractivity contribution >= 4 is 22.9 Å². The van der Waals surface area contributed by atoms with E-state index in [9.17, 15) is 9.59 Å². The number of carbonyl (C=O) groups is 1. The first kappa shape index (κ1) is 18.6. The lowest BCUT2D eigenvalue weighted by Gasteiger charge is -2.09. The van der Waals surface area contributed by atoms with Gasteiger partial charge in [0, 0.05) is 28.9 Å². The van der Waals surface area contributed by atoms with E-state index in [2.05, 4.69) is 20.6 Å². The predicted molar refractivity (Wildman–Crippen MR) is 106 cm³/mol. The van der Waals surface area contributed by atoms with Crippen molar-refractivity contribution < 1.29 is 4.79 Å². The molecule has 2 N–H and O–H groups in total. The molecular formula is C20H23N5O2. The summed E-state index contributed by atoms with van der Waals surface area (Å²) in [4.78, 5) is 28.4. The lowest BCUT2D eigenvalue weighted by molar-refractivity contribution is 0.0949. The molecule has 140 valence electrons. The number of aromatic amines is 1. The second kappa shape index (κ2) is 7.99. The molecule has 0 bridgehead atoms. The first-order valence-corrected chi connectivity index (χ1v) is 9.00. The second-order valence-electron chi connectivity index (χ2n) is 6.51. The minimum Gasteiger partial charge on any atom is -0.362 e. The molecule has 0 atom stereocenters. The van der Waals surface area contributed by atoms with Crippen molar-refractivity contribution in [3.63, 3.8) is 0 Å². The van der Waals surface area contributed by atoms with Crippen molar-refractivity contribution in [1.29, 1.82) is 0 Å². The third-order valence-corrected chi connectivity index (χ3v) is 4.37. The number of hydrogen-bond donors (Lipinski definition) is 2. The molecule has 0 saturated carbocycles. The van der Waals surface area contributed by atoms with Crippen LogP contribution in [-0.4, -0.2) is 26.9 Å². The van der Waals surface area contributed by atoms with E-state index in [1.165, 1.54) is 4.68 Å². The molecule has 7 nitrogen and oxygen atoms in total. The number of unbranched alkanes of at least 4 members (excludes halogenated alkanes) is 1. The summed E-state index contributed by atoms with van der Waals surface area (Å²) in [6.45, 7) is 6.41. The van der Waals surface area contributed by atoms with E-state index >= 15 is 0 Å². The van der Waals surface area contributed by atoms with Crippen molar-refractivity contribution in [2.45, 2.75) is 40.2 Å². The number of aromatic nitrogens is 3. The molecule has 0 aliphatic carbocycles. The van der Waals surface area contributed by atoms with Crippen LogP contribution in [0.25, 0.3) is 10.8 Å². The number of nitrogens with zero attached hydrogens (tertiary/aromatic N) is 3. The molecule has 7 heteroatoms.